The third-order valence-electron chi connectivity index (χ3n) is 2.73. The first kappa shape index (κ1) is 12.2. The van der Waals surface area contributed by atoms with Gasteiger partial charge in [0.15, 0.2) is 0 Å². The summed E-state index contributed by atoms with van der Waals surface area (Å²) in [4.78, 5) is 26.1. The number of esters is 1. The molecule has 18 heavy (non-hydrogen) atoms. The van der Waals surface area contributed by atoms with Gasteiger partial charge in [0.25, 0.3) is 5.78 Å². The maximum absolute atomic E-state index is 11.8. The van der Waals surface area contributed by atoms with Gasteiger partial charge in [-0.1, -0.05) is 0 Å². The molecule has 0 saturated heterocycles. The lowest BCUT2D eigenvalue weighted by Crippen LogP contribution is -2.18. The minimum Gasteiger partial charge on any atom is -0.508 e. The fourth-order valence-corrected chi connectivity index (χ4v) is 1.84. The van der Waals surface area contributed by atoms with Crippen molar-refractivity contribution in [2.75, 3.05) is 6.61 Å². The number of phenols is 1. The molecule has 1 heterocycles. The van der Waals surface area contributed by atoms with Crippen LogP contribution in [0.2, 0.25) is 0 Å². The number of aromatic amines is 1. The number of aromatic nitrogens is 1. The minimum atomic E-state index is -0.878. The van der Waals surface area contributed by atoms with Crippen LogP contribution in [0.1, 0.15) is 23.0 Å². The number of aromatic hydroxyl groups is 1. The molecule has 0 amide bonds. The van der Waals surface area contributed by atoms with E-state index in [1.54, 1.807) is 26.0 Å². The molecule has 0 aliphatic heterocycles. The molecule has 0 unspecified atom stereocenters. The van der Waals surface area contributed by atoms with Gasteiger partial charge in [0.1, 0.15) is 5.75 Å². The van der Waals surface area contributed by atoms with Crippen molar-refractivity contribution in [3.8, 4) is 5.75 Å². The first-order valence-electron chi connectivity index (χ1n) is 5.57. The predicted molar refractivity (Wildman–Crippen MR) is 65.7 cm³/mol. The molecule has 0 spiro atoms. The molecule has 94 valence electrons. The Hall–Kier alpha value is -2.30. The maximum Gasteiger partial charge on any atom is 0.381 e. The Kier molecular flexibility index (Phi) is 3.06. The number of H-pyrrole nitrogens is 1. The number of ether oxygens (including phenoxy) is 1. The van der Waals surface area contributed by atoms with Crippen LogP contribution in [-0.2, 0) is 9.53 Å². The smallest absolute Gasteiger partial charge is 0.381 e. The van der Waals surface area contributed by atoms with Crippen molar-refractivity contribution < 1.29 is 19.4 Å². The van der Waals surface area contributed by atoms with Gasteiger partial charge in [0.05, 0.1) is 12.3 Å². The van der Waals surface area contributed by atoms with Crippen LogP contribution in [0.25, 0.3) is 10.9 Å². The Balaban J connectivity index is 2.49. The number of nitrogens with one attached hydrogen (secondary N) is 1. The van der Waals surface area contributed by atoms with E-state index in [1.807, 2.05) is 0 Å². The van der Waals surface area contributed by atoms with E-state index in [4.69, 9.17) is 0 Å². The van der Waals surface area contributed by atoms with Crippen molar-refractivity contribution in [1.82, 2.24) is 4.98 Å². The third kappa shape index (κ3) is 1.95. The van der Waals surface area contributed by atoms with E-state index in [9.17, 15) is 14.7 Å². The van der Waals surface area contributed by atoms with E-state index in [0.29, 0.717) is 16.5 Å². The number of carbonyl (C=O) groups excluding carboxylic acids is 2. The third-order valence-corrected chi connectivity index (χ3v) is 2.73. The van der Waals surface area contributed by atoms with Crippen molar-refractivity contribution in [1.29, 1.82) is 0 Å². The molecule has 5 heteroatoms. The lowest BCUT2D eigenvalue weighted by atomic mass is 10.1. The SMILES string of the molecule is CCOC(=O)C(=O)c1[nH]c2ccc(O)cc2c1C. The number of phenolic OH excluding ortho intramolecular Hbond substituents is 1. The van der Waals surface area contributed by atoms with Crippen molar-refractivity contribution in [2.45, 2.75) is 13.8 Å². The Bertz CT molecular complexity index is 627. The van der Waals surface area contributed by atoms with Crippen LogP contribution < -0.4 is 0 Å². The van der Waals surface area contributed by atoms with Crippen LogP contribution in [0, 0.1) is 6.92 Å². The number of fused-ring (bicyclic) bond motifs is 1. The molecule has 0 saturated carbocycles. The maximum atomic E-state index is 11.8. The molecule has 0 fully saturated rings. The van der Waals surface area contributed by atoms with E-state index >= 15 is 0 Å². The topological polar surface area (TPSA) is 79.4 Å². The van der Waals surface area contributed by atoms with Gasteiger partial charge in [-0.3, -0.25) is 4.79 Å². The highest BCUT2D eigenvalue weighted by Crippen LogP contribution is 2.25. The second-order valence-corrected chi connectivity index (χ2v) is 3.90. The number of hydrogen-bond acceptors (Lipinski definition) is 4. The summed E-state index contributed by atoms with van der Waals surface area (Å²) in [6, 6.07) is 4.71. The quantitative estimate of drug-likeness (QED) is 0.493. The molecule has 2 aromatic rings. The van der Waals surface area contributed by atoms with Crippen LogP contribution >= 0.6 is 0 Å². The summed E-state index contributed by atoms with van der Waals surface area (Å²) in [5, 5.41) is 10.1. The fraction of sp³-hybridized carbons (Fsp3) is 0.231. The van der Waals surface area contributed by atoms with Crippen LogP contribution in [0.5, 0.6) is 5.75 Å². The number of benzene rings is 1. The predicted octanol–water partition coefficient (Wildman–Crippen LogP) is 1.93. The first-order chi connectivity index (χ1) is 8.54. The number of Topliss-reactive ketones (excluding diaryl/α,β-unsaturated/α-hetero) is 1. The Morgan fingerprint density at radius 3 is 2.78 bits per heavy atom. The molecular formula is C13H13NO4. The molecule has 5 nitrogen and oxygen atoms in total. The van der Waals surface area contributed by atoms with Crippen molar-refractivity contribution in [3.63, 3.8) is 0 Å². The normalized spacial score (nSPS) is 10.6. The zero-order valence-electron chi connectivity index (χ0n) is 10.1. The summed E-state index contributed by atoms with van der Waals surface area (Å²) < 4.78 is 4.67. The van der Waals surface area contributed by atoms with E-state index in [1.165, 1.54) is 6.07 Å². The summed E-state index contributed by atoms with van der Waals surface area (Å²) in [7, 11) is 0. The van der Waals surface area contributed by atoms with Gasteiger partial charge in [-0.25, -0.2) is 4.79 Å². The molecule has 0 aliphatic carbocycles. The van der Waals surface area contributed by atoms with Crippen molar-refractivity contribution in [2.24, 2.45) is 0 Å². The highest BCUT2D eigenvalue weighted by Gasteiger charge is 2.22. The molecule has 0 aliphatic rings. The number of hydrogen-bond donors (Lipinski definition) is 2. The van der Waals surface area contributed by atoms with Crippen molar-refractivity contribution >= 4 is 22.7 Å². The van der Waals surface area contributed by atoms with Gasteiger partial charge in [0, 0.05) is 10.9 Å². The molecule has 0 bridgehead atoms. The Labute approximate surface area is 103 Å². The number of ketones is 1. The summed E-state index contributed by atoms with van der Waals surface area (Å²) in [6.45, 7) is 3.51. The second kappa shape index (κ2) is 4.52. The second-order valence-electron chi connectivity index (χ2n) is 3.90. The van der Waals surface area contributed by atoms with E-state index < -0.39 is 11.8 Å². The van der Waals surface area contributed by atoms with Gasteiger partial charge >= 0.3 is 5.97 Å². The van der Waals surface area contributed by atoms with Crippen LogP contribution in [0.3, 0.4) is 0 Å². The molecule has 2 N–H and O–H groups in total. The summed E-state index contributed by atoms with van der Waals surface area (Å²) in [6.07, 6.45) is 0. The Morgan fingerprint density at radius 1 is 1.39 bits per heavy atom. The lowest BCUT2D eigenvalue weighted by Gasteiger charge is -1.99. The van der Waals surface area contributed by atoms with Gasteiger partial charge in [-0.05, 0) is 37.6 Å². The highest BCUT2D eigenvalue weighted by molar-refractivity contribution is 6.41. The highest BCUT2D eigenvalue weighted by atomic mass is 16.5. The number of rotatable bonds is 3. The zero-order chi connectivity index (χ0) is 13.3. The molecule has 2 rings (SSSR count). The zero-order valence-corrected chi connectivity index (χ0v) is 10.1. The largest absolute Gasteiger partial charge is 0.508 e. The van der Waals surface area contributed by atoms with Crippen LogP contribution in [-0.4, -0.2) is 28.4 Å². The molecule has 1 aromatic carbocycles. The van der Waals surface area contributed by atoms with Gasteiger partial charge < -0.3 is 14.8 Å². The minimum absolute atomic E-state index is 0.111. The molecule has 0 atom stereocenters. The standard InChI is InChI=1S/C13H13NO4/c1-3-18-13(17)12(16)11-7(2)9-6-8(15)4-5-10(9)14-11/h4-6,14-15H,3H2,1-2H3. The fourth-order valence-electron chi connectivity index (χ4n) is 1.84. The average molecular weight is 247 g/mol. The summed E-state index contributed by atoms with van der Waals surface area (Å²) in [5.74, 6) is -1.47. The lowest BCUT2D eigenvalue weighted by molar-refractivity contribution is -0.137. The monoisotopic (exact) mass is 247 g/mol. The summed E-state index contributed by atoms with van der Waals surface area (Å²) >= 11 is 0. The van der Waals surface area contributed by atoms with Crippen LogP contribution in [0.15, 0.2) is 18.2 Å². The van der Waals surface area contributed by atoms with Gasteiger partial charge in [-0.15, -0.1) is 0 Å². The van der Waals surface area contributed by atoms with Crippen LogP contribution in [0.4, 0.5) is 0 Å². The van der Waals surface area contributed by atoms with E-state index in [0.717, 1.165) is 0 Å². The molecule has 0 radical (unpaired) electrons. The summed E-state index contributed by atoms with van der Waals surface area (Å²) in [5.41, 5.74) is 1.52. The van der Waals surface area contributed by atoms with Gasteiger partial charge in [-0.2, -0.15) is 0 Å². The molecular weight excluding hydrogens is 234 g/mol. The van der Waals surface area contributed by atoms with E-state index in [2.05, 4.69) is 9.72 Å². The first-order valence-corrected chi connectivity index (χ1v) is 5.57. The van der Waals surface area contributed by atoms with Crippen molar-refractivity contribution in [3.05, 3.63) is 29.5 Å². The van der Waals surface area contributed by atoms with E-state index in [-0.39, 0.29) is 18.1 Å². The van der Waals surface area contributed by atoms with Gasteiger partial charge in [0.2, 0.25) is 0 Å². The number of aryl methyl sites for hydroxylation is 1. The Morgan fingerprint density at radius 2 is 2.11 bits per heavy atom. The number of carbonyl (C=O) groups is 2. The molecule has 1 aromatic heterocycles. The average Bonchev–Trinajstić information content (AvgIpc) is 2.66.